The second-order valence-corrected chi connectivity index (χ2v) is 6.46. The third kappa shape index (κ3) is 1.95. The van der Waals surface area contributed by atoms with E-state index in [2.05, 4.69) is 15.0 Å². The molecule has 104 valence electrons. The van der Waals surface area contributed by atoms with Crippen LogP contribution in [0, 0.1) is 0 Å². The van der Waals surface area contributed by atoms with Crippen LogP contribution >= 0.6 is 0 Å². The number of ether oxygens (including phenoxy) is 1. The molecule has 1 aromatic heterocycles. The molecule has 0 aromatic carbocycles. The van der Waals surface area contributed by atoms with Crippen LogP contribution in [0.3, 0.4) is 0 Å². The van der Waals surface area contributed by atoms with Gasteiger partial charge in [-0.25, -0.2) is 4.68 Å². The molecule has 1 saturated heterocycles. The lowest BCUT2D eigenvalue weighted by Crippen LogP contribution is -2.38. The molecule has 1 aliphatic heterocycles. The van der Waals surface area contributed by atoms with Crippen molar-refractivity contribution in [3.05, 3.63) is 5.69 Å². The van der Waals surface area contributed by atoms with E-state index >= 15 is 0 Å². The highest BCUT2D eigenvalue weighted by Crippen LogP contribution is 2.47. The minimum atomic E-state index is 0.129. The van der Waals surface area contributed by atoms with Crippen LogP contribution in [0.25, 0.3) is 0 Å². The lowest BCUT2D eigenvalue weighted by molar-refractivity contribution is -0.0915. The Kier molecular flexibility index (Phi) is 2.59. The summed E-state index contributed by atoms with van der Waals surface area (Å²) >= 11 is 0. The van der Waals surface area contributed by atoms with E-state index in [1.54, 1.807) is 0 Å². The molecule has 1 atom stereocenters. The van der Waals surface area contributed by atoms with Crippen molar-refractivity contribution in [1.82, 2.24) is 15.0 Å². The van der Waals surface area contributed by atoms with Gasteiger partial charge in [0, 0.05) is 12.5 Å². The van der Waals surface area contributed by atoms with Gasteiger partial charge in [0.25, 0.3) is 0 Å². The minimum absolute atomic E-state index is 0.129. The summed E-state index contributed by atoms with van der Waals surface area (Å²) in [5.74, 6) is 1.26. The van der Waals surface area contributed by atoms with Crippen molar-refractivity contribution in [3.63, 3.8) is 0 Å². The molecule has 2 aliphatic carbocycles. The van der Waals surface area contributed by atoms with Gasteiger partial charge >= 0.3 is 0 Å². The maximum absolute atomic E-state index is 6.11. The predicted molar refractivity (Wildman–Crippen MR) is 71.8 cm³/mol. The van der Waals surface area contributed by atoms with E-state index in [4.69, 9.17) is 10.5 Å². The topological polar surface area (TPSA) is 66.0 Å². The first kappa shape index (κ1) is 11.7. The Morgan fingerprint density at radius 2 is 2.00 bits per heavy atom. The summed E-state index contributed by atoms with van der Waals surface area (Å²) in [4.78, 5) is 0. The summed E-state index contributed by atoms with van der Waals surface area (Å²) in [6.07, 6.45) is 9.67. The number of aromatic nitrogens is 3. The number of hydrogen-bond donors (Lipinski definition) is 1. The van der Waals surface area contributed by atoms with Gasteiger partial charge in [-0.2, -0.15) is 0 Å². The van der Waals surface area contributed by atoms with Gasteiger partial charge in [-0.3, -0.25) is 0 Å². The van der Waals surface area contributed by atoms with Gasteiger partial charge in [-0.1, -0.05) is 18.1 Å². The first-order valence-electron chi connectivity index (χ1n) is 7.62. The summed E-state index contributed by atoms with van der Waals surface area (Å²) in [5.41, 5.74) is 7.33. The Labute approximate surface area is 113 Å². The van der Waals surface area contributed by atoms with Crippen LogP contribution in [-0.2, 0) is 4.74 Å². The molecule has 1 spiro atoms. The van der Waals surface area contributed by atoms with Crippen LogP contribution < -0.4 is 5.73 Å². The van der Waals surface area contributed by atoms with E-state index < -0.39 is 0 Å². The smallest absolute Gasteiger partial charge is 0.169 e. The van der Waals surface area contributed by atoms with Crippen LogP contribution in [0.2, 0.25) is 0 Å². The zero-order valence-corrected chi connectivity index (χ0v) is 11.3. The maximum atomic E-state index is 6.11. The predicted octanol–water partition coefficient (Wildman–Crippen LogP) is 2.40. The lowest BCUT2D eigenvalue weighted by atomic mass is 9.89. The van der Waals surface area contributed by atoms with Gasteiger partial charge in [-0.15, -0.1) is 5.10 Å². The summed E-state index contributed by atoms with van der Waals surface area (Å²) in [5, 5.41) is 8.46. The number of nitrogens with zero attached hydrogens (tertiary/aromatic N) is 3. The Bertz CT molecular complexity index is 474. The fraction of sp³-hybridized carbons (Fsp3) is 0.857. The molecular formula is C14H22N4O. The van der Waals surface area contributed by atoms with Crippen LogP contribution in [-0.4, -0.2) is 27.2 Å². The number of hydrogen-bond acceptors (Lipinski definition) is 4. The van der Waals surface area contributed by atoms with E-state index in [1.807, 2.05) is 0 Å². The molecule has 5 heteroatoms. The van der Waals surface area contributed by atoms with Crippen LogP contribution in [0.5, 0.6) is 0 Å². The van der Waals surface area contributed by atoms with Gasteiger partial charge in [0.1, 0.15) is 0 Å². The molecular weight excluding hydrogens is 240 g/mol. The Hall–Kier alpha value is -1.10. The molecule has 5 nitrogen and oxygen atoms in total. The SMILES string of the molecule is Nc1nnn(C2CCOC3(CCCC3)C2)c1C1CC1. The van der Waals surface area contributed by atoms with Crippen molar-refractivity contribution < 1.29 is 4.74 Å². The summed E-state index contributed by atoms with van der Waals surface area (Å²) in [7, 11) is 0. The molecule has 2 saturated carbocycles. The van der Waals surface area contributed by atoms with Crippen LogP contribution in [0.15, 0.2) is 0 Å². The molecule has 0 amide bonds. The van der Waals surface area contributed by atoms with E-state index in [9.17, 15) is 0 Å². The zero-order valence-electron chi connectivity index (χ0n) is 11.3. The number of nitrogens with two attached hydrogens (primary N) is 1. The highest BCUT2D eigenvalue weighted by Gasteiger charge is 2.42. The second-order valence-electron chi connectivity index (χ2n) is 6.46. The van der Waals surface area contributed by atoms with Crippen molar-refractivity contribution in [1.29, 1.82) is 0 Å². The lowest BCUT2D eigenvalue weighted by Gasteiger charge is -2.38. The van der Waals surface area contributed by atoms with Crippen molar-refractivity contribution in [2.75, 3.05) is 12.3 Å². The largest absolute Gasteiger partial charge is 0.381 e. The third-order valence-electron chi connectivity index (χ3n) is 5.05. The fourth-order valence-corrected chi connectivity index (χ4v) is 3.91. The standard InChI is InChI=1S/C14H22N4O/c15-13-12(10-3-4-10)18(17-16-13)11-5-8-19-14(9-11)6-1-2-7-14/h10-11H,1-9,15H2. The number of nitrogen functional groups attached to an aromatic ring is 1. The second kappa shape index (κ2) is 4.20. The third-order valence-corrected chi connectivity index (χ3v) is 5.05. The first-order valence-corrected chi connectivity index (χ1v) is 7.62. The highest BCUT2D eigenvalue weighted by molar-refractivity contribution is 5.38. The average Bonchev–Trinajstić information content (AvgIpc) is 3.04. The van der Waals surface area contributed by atoms with Crippen molar-refractivity contribution >= 4 is 5.82 Å². The molecule has 19 heavy (non-hydrogen) atoms. The summed E-state index contributed by atoms with van der Waals surface area (Å²) in [6, 6.07) is 0.437. The summed E-state index contributed by atoms with van der Waals surface area (Å²) < 4.78 is 8.24. The fourth-order valence-electron chi connectivity index (χ4n) is 3.91. The van der Waals surface area contributed by atoms with Crippen molar-refractivity contribution in [2.45, 2.75) is 68.9 Å². The van der Waals surface area contributed by atoms with Crippen LogP contribution in [0.1, 0.15) is 69.0 Å². The van der Waals surface area contributed by atoms with Gasteiger partial charge in [-0.05, 0) is 38.5 Å². The molecule has 1 unspecified atom stereocenters. The minimum Gasteiger partial charge on any atom is -0.381 e. The Balaban J connectivity index is 1.61. The Morgan fingerprint density at radius 3 is 2.74 bits per heavy atom. The monoisotopic (exact) mass is 262 g/mol. The van der Waals surface area contributed by atoms with E-state index in [1.165, 1.54) is 44.2 Å². The average molecular weight is 262 g/mol. The number of rotatable bonds is 2. The molecule has 1 aromatic rings. The molecule has 4 rings (SSSR count). The zero-order chi connectivity index (χ0) is 12.9. The van der Waals surface area contributed by atoms with E-state index in [0.29, 0.717) is 17.8 Å². The normalized spacial score (nSPS) is 30.0. The van der Waals surface area contributed by atoms with E-state index in [-0.39, 0.29) is 5.60 Å². The number of anilines is 1. The molecule has 0 bridgehead atoms. The van der Waals surface area contributed by atoms with Gasteiger partial charge in [0.05, 0.1) is 17.3 Å². The van der Waals surface area contributed by atoms with Gasteiger partial charge in [0.2, 0.25) is 0 Å². The molecule has 3 aliphatic rings. The quantitative estimate of drug-likeness (QED) is 0.888. The van der Waals surface area contributed by atoms with Crippen molar-refractivity contribution in [2.24, 2.45) is 0 Å². The maximum Gasteiger partial charge on any atom is 0.169 e. The Morgan fingerprint density at radius 1 is 1.21 bits per heavy atom. The molecule has 3 fully saturated rings. The van der Waals surface area contributed by atoms with Gasteiger partial charge < -0.3 is 10.5 Å². The van der Waals surface area contributed by atoms with Gasteiger partial charge in [0.15, 0.2) is 5.82 Å². The molecule has 2 N–H and O–H groups in total. The highest BCUT2D eigenvalue weighted by atomic mass is 16.5. The summed E-state index contributed by atoms with van der Waals surface area (Å²) in [6.45, 7) is 0.856. The molecule has 2 heterocycles. The van der Waals surface area contributed by atoms with E-state index in [0.717, 1.165) is 19.4 Å². The molecule has 0 radical (unpaired) electrons. The van der Waals surface area contributed by atoms with Crippen LogP contribution in [0.4, 0.5) is 5.82 Å². The van der Waals surface area contributed by atoms with Crippen molar-refractivity contribution in [3.8, 4) is 0 Å². The first-order chi connectivity index (χ1) is 9.27.